The summed E-state index contributed by atoms with van der Waals surface area (Å²) in [7, 11) is 0. The number of hydrogen-bond donors (Lipinski definition) is 1. The molecule has 2 atom stereocenters. The minimum absolute atomic E-state index is 0.267. The molecule has 1 aliphatic heterocycles. The van der Waals surface area contributed by atoms with Gasteiger partial charge >= 0.3 is 0 Å². The van der Waals surface area contributed by atoms with Gasteiger partial charge < -0.3 is 10.2 Å². The molecule has 0 aromatic heterocycles. The van der Waals surface area contributed by atoms with Crippen molar-refractivity contribution in [3.8, 4) is 0 Å². The zero-order chi connectivity index (χ0) is 13.8. The Morgan fingerprint density at radius 1 is 1.47 bits per heavy atom. The van der Waals surface area contributed by atoms with Crippen LogP contribution in [0.25, 0.3) is 0 Å². The van der Waals surface area contributed by atoms with E-state index in [1.807, 2.05) is 17.0 Å². The highest BCUT2D eigenvalue weighted by Crippen LogP contribution is 2.22. The summed E-state index contributed by atoms with van der Waals surface area (Å²) in [6.07, 6.45) is 0.592. The number of halogens is 1. The van der Waals surface area contributed by atoms with Crippen LogP contribution in [0.2, 0.25) is 0 Å². The van der Waals surface area contributed by atoms with E-state index in [9.17, 15) is 4.79 Å². The number of carbonyl (C=O) groups is 1. The third-order valence-corrected chi connectivity index (χ3v) is 4.17. The van der Waals surface area contributed by atoms with Crippen LogP contribution in [0.15, 0.2) is 28.7 Å². The summed E-state index contributed by atoms with van der Waals surface area (Å²) in [6.45, 7) is 6.80. The molecule has 2 rings (SSSR count). The van der Waals surface area contributed by atoms with Gasteiger partial charge in [0.2, 0.25) is 5.91 Å². The maximum atomic E-state index is 12.3. The zero-order valence-electron chi connectivity index (χ0n) is 11.5. The van der Waals surface area contributed by atoms with Crippen LogP contribution in [0.4, 0.5) is 0 Å². The number of nitrogens with zero attached hydrogens (tertiary/aromatic N) is 1. The molecule has 1 N–H and O–H groups in total. The summed E-state index contributed by atoms with van der Waals surface area (Å²) < 4.78 is 1.07. The molecule has 0 spiro atoms. The van der Waals surface area contributed by atoms with E-state index < -0.39 is 0 Å². The first kappa shape index (κ1) is 14.5. The molecule has 0 aliphatic carbocycles. The van der Waals surface area contributed by atoms with E-state index in [0.717, 1.165) is 24.1 Å². The summed E-state index contributed by atoms with van der Waals surface area (Å²) in [5.74, 6) is 0.537. The van der Waals surface area contributed by atoms with E-state index in [1.54, 1.807) is 0 Å². The monoisotopic (exact) mass is 324 g/mol. The molecule has 0 radical (unpaired) electrons. The second-order valence-electron chi connectivity index (χ2n) is 5.35. The van der Waals surface area contributed by atoms with Crippen molar-refractivity contribution < 1.29 is 4.79 Å². The van der Waals surface area contributed by atoms with Crippen LogP contribution in [0.5, 0.6) is 0 Å². The van der Waals surface area contributed by atoms with Gasteiger partial charge in [-0.3, -0.25) is 4.79 Å². The quantitative estimate of drug-likeness (QED) is 0.927. The fraction of sp³-hybridized carbons (Fsp3) is 0.533. The second kappa shape index (κ2) is 6.53. The molecule has 1 unspecified atom stereocenters. The van der Waals surface area contributed by atoms with Gasteiger partial charge in [0.25, 0.3) is 0 Å². The number of benzene rings is 1. The first-order valence-corrected chi connectivity index (χ1v) is 7.62. The van der Waals surface area contributed by atoms with Crippen molar-refractivity contribution in [3.05, 3.63) is 34.3 Å². The Hall–Kier alpha value is -0.870. The first-order chi connectivity index (χ1) is 9.06. The van der Waals surface area contributed by atoms with E-state index in [1.165, 1.54) is 5.56 Å². The SMILES string of the molecule is CC(CC(=O)N1CCN[C@H](C)C1)c1ccc(Br)cc1. The normalized spacial score (nSPS) is 21.2. The van der Waals surface area contributed by atoms with Gasteiger partial charge in [0.15, 0.2) is 0 Å². The van der Waals surface area contributed by atoms with Crippen LogP contribution in [0, 0.1) is 0 Å². The van der Waals surface area contributed by atoms with E-state index in [4.69, 9.17) is 0 Å². The maximum Gasteiger partial charge on any atom is 0.223 e. The maximum absolute atomic E-state index is 12.3. The van der Waals surface area contributed by atoms with Gasteiger partial charge in [-0.15, -0.1) is 0 Å². The van der Waals surface area contributed by atoms with Crippen LogP contribution in [0.3, 0.4) is 0 Å². The number of piperazine rings is 1. The van der Waals surface area contributed by atoms with Crippen LogP contribution in [-0.2, 0) is 4.79 Å². The molecule has 0 bridgehead atoms. The summed E-state index contributed by atoms with van der Waals surface area (Å²) in [5, 5.41) is 3.36. The number of carbonyl (C=O) groups excluding carboxylic acids is 1. The van der Waals surface area contributed by atoms with Gasteiger partial charge in [-0.05, 0) is 30.5 Å². The molecule has 104 valence electrons. The van der Waals surface area contributed by atoms with Gasteiger partial charge in [-0.1, -0.05) is 35.0 Å². The molecule has 1 aromatic rings. The molecule has 1 heterocycles. The van der Waals surface area contributed by atoms with E-state index in [2.05, 4.69) is 47.2 Å². The average molecular weight is 325 g/mol. The molecule has 1 saturated heterocycles. The van der Waals surface area contributed by atoms with E-state index >= 15 is 0 Å². The minimum Gasteiger partial charge on any atom is -0.340 e. The highest BCUT2D eigenvalue weighted by molar-refractivity contribution is 9.10. The minimum atomic E-state index is 0.267. The predicted molar refractivity (Wildman–Crippen MR) is 81.2 cm³/mol. The summed E-state index contributed by atoms with van der Waals surface area (Å²) in [6, 6.07) is 8.64. The fourth-order valence-corrected chi connectivity index (χ4v) is 2.72. The summed E-state index contributed by atoms with van der Waals surface area (Å²) in [4.78, 5) is 14.3. The lowest BCUT2D eigenvalue weighted by Crippen LogP contribution is -2.51. The molecule has 19 heavy (non-hydrogen) atoms. The lowest BCUT2D eigenvalue weighted by molar-refractivity contribution is -0.132. The fourth-order valence-electron chi connectivity index (χ4n) is 2.46. The van der Waals surface area contributed by atoms with Crippen molar-refractivity contribution in [3.63, 3.8) is 0 Å². The number of nitrogens with one attached hydrogen (secondary N) is 1. The Morgan fingerprint density at radius 3 is 2.79 bits per heavy atom. The Balaban J connectivity index is 1.92. The van der Waals surface area contributed by atoms with Crippen molar-refractivity contribution in [2.24, 2.45) is 0 Å². The second-order valence-corrected chi connectivity index (χ2v) is 6.27. The third-order valence-electron chi connectivity index (χ3n) is 3.64. The van der Waals surface area contributed by atoms with E-state index in [0.29, 0.717) is 12.5 Å². The van der Waals surface area contributed by atoms with Crippen LogP contribution in [-0.4, -0.2) is 36.5 Å². The van der Waals surface area contributed by atoms with Crippen molar-refractivity contribution in [2.45, 2.75) is 32.2 Å². The lowest BCUT2D eigenvalue weighted by Gasteiger charge is -2.32. The molecular weight excluding hydrogens is 304 g/mol. The molecular formula is C15H21BrN2O. The van der Waals surface area contributed by atoms with Gasteiger partial charge in [0, 0.05) is 36.6 Å². The Bertz CT molecular complexity index is 432. The molecule has 4 heteroatoms. The summed E-state index contributed by atoms with van der Waals surface area (Å²) >= 11 is 3.43. The molecule has 1 fully saturated rings. The standard InChI is InChI=1S/C15H21BrN2O/c1-11(13-3-5-14(16)6-4-13)9-15(19)18-8-7-17-12(2)10-18/h3-6,11-12,17H,7-10H2,1-2H3/t11?,12-/m1/s1. The largest absolute Gasteiger partial charge is 0.340 e. The van der Waals surface area contributed by atoms with Crippen molar-refractivity contribution in [2.75, 3.05) is 19.6 Å². The topological polar surface area (TPSA) is 32.3 Å². The van der Waals surface area contributed by atoms with Gasteiger partial charge in [0.05, 0.1) is 0 Å². The van der Waals surface area contributed by atoms with Gasteiger partial charge in [0.1, 0.15) is 0 Å². The predicted octanol–water partition coefficient (Wildman–Crippen LogP) is 2.76. The highest BCUT2D eigenvalue weighted by Gasteiger charge is 2.22. The van der Waals surface area contributed by atoms with Crippen LogP contribution in [0.1, 0.15) is 31.7 Å². The first-order valence-electron chi connectivity index (χ1n) is 6.83. The Labute approximate surface area is 123 Å². The number of amides is 1. The Morgan fingerprint density at radius 2 is 2.16 bits per heavy atom. The average Bonchev–Trinajstić information content (AvgIpc) is 2.39. The zero-order valence-corrected chi connectivity index (χ0v) is 13.1. The van der Waals surface area contributed by atoms with Crippen molar-refractivity contribution in [1.29, 1.82) is 0 Å². The molecule has 1 amide bonds. The molecule has 0 saturated carbocycles. The molecule has 1 aromatic carbocycles. The molecule has 3 nitrogen and oxygen atoms in total. The smallest absolute Gasteiger partial charge is 0.223 e. The van der Waals surface area contributed by atoms with Gasteiger partial charge in [-0.2, -0.15) is 0 Å². The molecule has 1 aliphatic rings. The Kier molecular flexibility index (Phi) is 4.99. The summed E-state index contributed by atoms with van der Waals surface area (Å²) in [5.41, 5.74) is 1.22. The van der Waals surface area contributed by atoms with E-state index in [-0.39, 0.29) is 11.8 Å². The van der Waals surface area contributed by atoms with Crippen molar-refractivity contribution >= 4 is 21.8 Å². The number of hydrogen-bond acceptors (Lipinski definition) is 2. The van der Waals surface area contributed by atoms with Crippen LogP contribution >= 0.6 is 15.9 Å². The lowest BCUT2D eigenvalue weighted by atomic mass is 9.97. The van der Waals surface area contributed by atoms with Gasteiger partial charge in [-0.25, -0.2) is 0 Å². The third kappa shape index (κ3) is 4.05. The van der Waals surface area contributed by atoms with Crippen molar-refractivity contribution in [1.82, 2.24) is 10.2 Å². The van der Waals surface area contributed by atoms with Crippen LogP contribution < -0.4 is 5.32 Å². The highest BCUT2D eigenvalue weighted by atomic mass is 79.9. The number of rotatable bonds is 3.